The summed E-state index contributed by atoms with van der Waals surface area (Å²) in [5, 5.41) is 12.1. The quantitative estimate of drug-likeness (QED) is 0.803. The molecule has 1 unspecified atom stereocenters. The van der Waals surface area contributed by atoms with Gasteiger partial charge < -0.3 is 10.4 Å². The Bertz CT molecular complexity index is 313. The molecule has 0 saturated carbocycles. The van der Waals surface area contributed by atoms with Crippen LogP contribution in [0.15, 0.2) is 18.3 Å². The van der Waals surface area contributed by atoms with Crippen molar-refractivity contribution in [3.05, 3.63) is 23.4 Å². The zero-order valence-electron chi connectivity index (χ0n) is 7.70. The topological polar surface area (TPSA) is 62.2 Å². The summed E-state index contributed by atoms with van der Waals surface area (Å²) in [4.78, 5) is 14.5. The molecule has 1 aromatic heterocycles. The summed E-state index contributed by atoms with van der Waals surface area (Å²) in [6.45, 7) is 1.98. The van der Waals surface area contributed by atoms with Crippen LogP contribution in [0.3, 0.4) is 0 Å². The van der Waals surface area contributed by atoms with Gasteiger partial charge in [-0.3, -0.25) is 4.79 Å². The molecule has 0 bridgehead atoms. The van der Waals surface area contributed by atoms with E-state index < -0.39 is 11.9 Å². The van der Waals surface area contributed by atoms with Crippen LogP contribution in [0.4, 0.5) is 5.82 Å². The lowest BCUT2D eigenvalue weighted by atomic mass is 10.2. The van der Waals surface area contributed by atoms with Gasteiger partial charge >= 0.3 is 5.97 Å². The predicted octanol–water partition coefficient (Wildman–Crippen LogP) is 1.87. The molecule has 0 aliphatic carbocycles. The van der Waals surface area contributed by atoms with Crippen LogP contribution in [0.1, 0.15) is 6.92 Å². The monoisotopic (exact) mass is 214 g/mol. The first kappa shape index (κ1) is 10.8. The number of hydrogen-bond acceptors (Lipinski definition) is 3. The maximum absolute atomic E-state index is 10.5. The van der Waals surface area contributed by atoms with Gasteiger partial charge in [-0.05, 0) is 12.1 Å². The van der Waals surface area contributed by atoms with E-state index in [9.17, 15) is 4.79 Å². The smallest absolute Gasteiger partial charge is 0.308 e. The van der Waals surface area contributed by atoms with Crippen molar-refractivity contribution >= 4 is 23.4 Å². The Morgan fingerprint density at radius 2 is 2.43 bits per heavy atom. The van der Waals surface area contributed by atoms with E-state index in [2.05, 4.69) is 10.3 Å². The van der Waals surface area contributed by atoms with E-state index in [-0.39, 0.29) is 0 Å². The van der Waals surface area contributed by atoms with Crippen molar-refractivity contribution in [2.45, 2.75) is 6.92 Å². The summed E-state index contributed by atoms with van der Waals surface area (Å²) < 4.78 is 0. The maximum atomic E-state index is 10.5. The maximum Gasteiger partial charge on any atom is 0.308 e. The lowest BCUT2D eigenvalue weighted by molar-refractivity contribution is -0.140. The molecule has 5 heteroatoms. The number of rotatable bonds is 4. The van der Waals surface area contributed by atoms with Crippen LogP contribution in [0.5, 0.6) is 0 Å². The van der Waals surface area contributed by atoms with Crippen molar-refractivity contribution in [1.29, 1.82) is 0 Å². The van der Waals surface area contributed by atoms with Gasteiger partial charge in [0.05, 0.1) is 10.9 Å². The molecule has 0 aliphatic heterocycles. The van der Waals surface area contributed by atoms with Crippen LogP contribution in [0, 0.1) is 5.92 Å². The minimum absolute atomic E-state index is 0.351. The Morgan fingerprint density at radius 3 is 2.93 bits per heavy atom. The van der Waals surface area contributed by atoms with Gasteiger partial charge in [0.25, 0.3) is 0 Å². The lowest BCUT2D eigenvalue weighted by Gasteiger charge is -2.08. The van der Waals surface area contributed by atoms with Crippen molar-refractivity contribution in [2.75, 3.05) is 11.9 Å². The van der Waals surface area contributed by atoms with E-state index in [1.165, 1.54) is 6.20 Å². The first-order valence-corrected chi connectivity index (χ1v) is 4.55. The molecule has 0 spiro atoms. The van der Waals surface area contributed by atoms with E-state index in [0.717, 1.165) is 0 Å². The van der Waals surface area contributed by atoms with Crippen LogP contribution in [-0.4, -0.2) is 22.6 Å². The van der Waals surface area contributed by atoms with Gasteiger partial charge in [0.15, 0.2) is 0 Å². The van der Waals surface area contributed by atoms with Crippen molar-refractivity contribution < 1.29 is 9.90 Å². The minimum atomic E-state index is -0.827. The van der Waals surface area contributed by atoms with Crippen LogP contribution < -0.4 is 5.32 Å². The Hall–Kier alpha value is -1.29. The molecule has 14 heavy (non-hydrogen) atoms. The molecule has 4 nitrogen and oxygen atoms in total. The summed E-state index contributed by atoms with van der Waals surface area (Å²) in [6.07, 6.45) is 1.51. The molecule has 0 fully saturated rings. The lowest BCUT2D eigenvalue weighted by Crippen LogP contribution is -2.19. The average molecular weight is 215 g/mol. The van der Waals surface area contributed by atoms with Crippen LogP contribution in [-0.2, 0) is 4.79 Å². The fourth-order valence-corrected chi connectivity index (χ4v) is 0.937. The zero-order valence-corrected chi connectivity index (χ0v) is 8.45. The largest absolute Gasteiger partial charge is 0.481 e. The summed E-state index contributed by atoms with van der Waals surface area (Å²) in [5.41, 5.74) is 0. The van der Waals surface area contributed by atoms with E-state index in [1.807, 2.05) is 0 Å². The molecule has 1 aromatic rings. The SMILES string of the molecule is CC(CNc1ccc(Cl)cn1)C(=O)O. The fraction of sp³-hybridized carbons (Fsp3) is 0.333. The number of carboxylic acid groups (broad SMARTS) is 1. The summed E-state index contributed by atoms with van der Waals surface area (Å²) in [6, 6.07) is 3.40. The second-order valence-corrected chi connectivity index (χ2v) is 3.42. The van der Waals surface area contributed by atoms with Gasteiger partial charge in [-0.1, -0.05) is 18.5 Å². The van der Waals surface area contributed by atoms with Gasteiger partial charge in [-0.15, -0.1) is 0 Å². The number of nitrogens with one attached hydrogen (secondary N) is 1. The minimum Gasteiger partial charge on any atom is -0.481 e. The second kappa shape index (κ2) is 4.81. The molecular weight excluding hydrogens is 204 g/mol. The Morgan fingerprint density at radius 1 is 1.71 bits per heavy atom. The molecule has 1 atom stereocenters. The first-order chi connectivity index (χ1) is 6.59. The number of pyridine rings is 1. The Kier molecular flexibility index (Phi) is 3.71. The number of anilines is 1. The van der Waals surface area contributed by atoms with Crippen LogP contribution in [0.2, 0.25) is 5.02 Å². The molecule has 1 heterocycles. The predicted molar refractivity (Wildman–Crippen MR) is 54.5 cm³/mol. The van der Waals surface area contributed by atoms with Gasteiger partial charge in [0, 0.05) is 12.7 Å². The van der Waals surface area contributed by atoms with Crippen LogP contribution in [0.25, 0.3) is 0 Å². The number of nitrogens with zero attached hydrogens (tertiary/aromatic N) is 1. The van der Waals surface area contributed by atoms with Crippen molar-refractivity contribution in [3.8, 4) is 0 Å². The standard InChI is InChI=1S/C9H11ClN2O2/c1-6(9(13)14)4-11-8-3-2-7(10)5-12-8/h2-3,5-6H,4H2,1H3,(H,11,12)(H,13,14). The van der Waals surface area contributed by atoms with Crippen LogP contribution >= 0.6 is 11.6 Å². The fourth-order valence-electron chi connectivity index (χ4n) is 0.825. The van der Waals surface area contributed by atoms with Gasteiger partial charge in [0.1, 0.15) is 5.82 Å². The molecule has 0 aromatic carbocycles. The molecule has 0 amide bonds. The number of carbonyl (C=O) groups is 1. The molecular formula is C9H11ClN2O2. The highest BCUT2D eigenvalue weighted by Crippen LogP contribution is 2.09. The Labute approximate surface area is 86.9 Å². The molecule has 1 rings (SSSR count). The van der Waals surface area contributed by atoms with Crippen molar-refractivity contribution in [3.63, 3.8) is 0 Å². The molecule has 0 radical (unpaired) electrons. The summed E-state index contributed by atoms with van der Waals surface area (Å²) >= 11 is 5.64. The van der Waals surface area contributed by atoms with E-state index in [0.29, 0.717) is 17.4 Å². The zero-order chi connectivity index (χ0) is 10.6. The summed E-state index contributed by atoms with van der Waals surface area (Å²) in [5.74, 6) is -0.638. The molecule has 2 N–H and O–H groups in total. The molecule has 76 valence electrons. The van der Waals surface area contributed by atoms with Gasteiger partial charge in [0.2, 0.25) is 0 Å². The third-order valence-corrected chi connectivity index (χ3v) is 1.96. The van der Waals surface area contributed by atoms with Crippen molar-refractivity contribution in [1.82, 2.24) is 4.98 Å². The number of halogens is 1. The third-order valence-electron chi connectivity index (χ3n) is 1.74. The number of aliphatic carboxylic acids is 1. The van der Waals surface area contributed by atoms with Crippen molar-refractivity contribution in [2.24, 2.45) is 5.92 Å². The highest BCUT2D eigenvalue weighted by Gasteiger charge is 2.09. The normalized spacial score (nSPS) is 12.1. The number of aromatic nitrogens is 1. The highest BCUT2D eigenvalue weighted by atomic mass is 35.5. The van der Waals surface area contributed by atoms with Gasteiger partial charge in [-0.25, -0.2) is 4.98 Å². The van der Waals surface area contributed by atoms with E-state index >= 15 is 0 Å². The third kappa shape index (κ3) is 3.22. The number of carboxylic acids is 1. The van der Waals surface area contributed by atoms with E-state index in [4.69, 9.17) is 16.7 Å². The molecule has 0 saturated heterocycles. The van der Waals surface area contributed by atoms with E-state index in [1.54, 1.807) is 19.1 Å². The number of hydrogen-bond donors (Lipinski definition) is 2. The molecule has 0 aliphatic rings. The highest BCUT2D eigenvalue weighted by molar-refractivity contribution is 6.30. The average Bonchev–Trinajstić information content (AvgIpc) is 2.16. The second-order valence-electron chi connectivity index (χ2n) is 2.98. The first-order valence-electron chi connectivity index (χ1n) is 4.18. The summed E-state index contributed by atoms with van der Waals surface area (Å²) in [7, 11) is 0. The Balaban J connectivity index is 2.46. The van der Waals surface area contributed by atoms with Gasteiger partial charge in [-0.2, -0.15) is 0 Å².